The summed E-state index contributed by atoms with van der Waals surface area (Å²) in [5.74, 6) is 0.892. The summed E-state index contributed by atoms with van der Waals surface area (Å²) in [4.78, 5) is 0. The second-order valence-corrected chi connectivity index (χ2v) is 5.03. The molecule has 0 aliphatic heterocycles. The van der Waals surface area contributed by atoms with Crippen LogP contribution in [0, 0.1) is 0 Å². The van der Waals surface area contributed by atoms with E-state index in [9.17, 15) is 0 Å². The van der Waals surface area contributed by atoms with Crippen molar-refractivity contribution in [1.29, 1.82) is 0 Å². The second-order valence-electron chi connectivity index (χ2n) is 5.03. The van der Waals surface area contributed by atoms with Gasteiger partial charge in [-0.2, -0.15) is 0 Å². The molecule has 3 N–H and O–H groups in total. The SMILES string of the molecule is COCCNC(C)(CN)CCc1ccc(OC)cc1. The number of rotatable bonds is 9. The topological polar surface area (TPSA) is 56.5 Å². The van der Waals surface area contributed by atoms with Crippen molar-refractivity contribution < 1.29 is 9.47 Å². The summed E-state index contributed by atoms with van der Waals surface area (Å²) < 4.78 is 10.2. The normalized spacial score (nSPS) is 14.1. The van der Waals surface area contributed by atoms with Crippen molar-refractivity contribution in [2.24, 2.45) is 5.73 Å². The highest BCUT2D eigenvalue weighted by Crippen LogP contribution is 2.16. The molecule has 0 aliphatic carbocycles. The van der Waals surface area contributed by atoms with Crippen molar-refractivity contribution in [2.45, 2.75) is 25.3 Å². The Bertz CT molecular complexity index is 354. The van der Waals surface area contributed by atoms with Gasteiger partial charge >= 0.3 is 0 Å². The van der Waals surface area contributed by atoms with Gasteiger partial charge in [0.15, 0.2) is 0 Å². The number of nitrogens with two attached hydrogens (primary N) is 1. The van der Waals surface area contributed by atoms with Gasteiger partial charge in [0.05, 0.1) is 13.7 Å². The first-order chi connectivity index (χ1) is 9.13. The highest BCUT2D eigenvalue weighted by atomic mass is 16.5. The zero-order valence-corrected chi connectivity index (χ0v) is 12.2. The molecule has 0 saturated heterocycles. The van der Waals surface area contributed by atoms with Gasteiger partial charge < -0.3 is 20.5 Å². The number of nitrogens with one attached hydrogen (secondary N) is 1. The molecule has 4 nitrogen and oxygen atoms in total. The van der Waals surface area contributed by atoms with E-state index in [1.165, 1.54) is 5.56 Å². The molecule has 0 heterocycles. The van der Waals surface area contributed by atoms with Crippen molar-refractivity contribution >= 4 is 0 Å². The van der Waals surface area contributed by atoms with E-state index in [0.717, 1.165) is 25.1 Å². The largest absolute Gasteiger partial charge is 0.497 e. The Labute approximate surface area is 116 Å². The van der Waals surface area contributed by atoms with E-state index >= 15 is 0 Å². The Morgan fingerprint density at radius 3 is 2.42 bits per heavy atom. The zero-order chi connectivity index (χ0) is 14.1. The van der Waals surface area contributed by atoms with Crippen LogP contribution in [0.1, 0.15) is 18.9 Å². The molecule has 1 aromatic rings. The highest BCUT2D eigenvalue weighted by Gasteiger charge is 2.20. The molecule has 1 rings (SSSR count). The molecule has 1 unspecified atom stereocenters. The molecule has 0 bridgehead atoms. The molecular weight excluding hydrogens is 240 g/mol. The molecule has 4 heteroatoms. The van der Waals surface area contributed by atoms with Crippen LogP contribution in [0.3, 0.4) is 0 Å². The van der Waals surface area contributed by atoms with Crippen molar-refractivity contribution in [3.8, 4) is 5.75 Å². The third kappa shape index (κ3) is 5.59. The average Bonchev–Trinajstić information content (AvgIpc) is 2.46. The summed E-state index contributed by atoms with van der Waals surface area (Å²) in [5, 5.41) is 3.46. The van der Waals surface area contributed by atoms with Gasteiger partial charge in [0, 0.05) is 25.7 Å². The molecule has 0 saturated carbocycles. The summed E-state index contributed by atoms with van der Waals surface area (Å²) in [5.41, 5.74) is 7.13. The van der Waals surface area contributed by atoms with E-state index < -0.39 is 0 Å². The Morgan fingerprint density at radius 2 is 1.89 bits per heavy atom. The van der Waals surface area contributed by atoms with Crippen LogP contribution in [0.2, 0.25) is 0 Å². The molecular formula is C15H26N2O2. The van der Waals surface area contributed by atoms with Crippen LogP contribution >= 0.6 is 0 Å². The average molecular weight is 266 g/mol. The minimum atomic E-state index is -0.0432. The van der Waals surface area contributed by atoms with Gasteiger partial charge in [-0.3, -0.25) is 0 Å². The predicted molar refractivity (Wildman–Crippen MR) is 78.7 cm³/mol. The Morgan fingerprint density at radius 1 is 1.21 bits per heavy atom. The number of aryl methyl sites for hydroxylation is 1. The van der Waals surface area contributed by atoms with Crippen LogP contribution in [-0.4, -0.2) is 39.5 Å². The summed E-state index contributed by atoms with van der Waals surface area (Å²) in [6.45, 7) is 4.31. The van der Waals surface area contributed by atoms with Crippen LogP contribution in [-0.2, 0) is 11.2 Å². The molecule has 108 valence electrons. The monoisotopic (exact) mass is 266 g/mol. The molecule has 0 spiro atoms. The lowest BCUT2D eigenvalue weighted by atomic mass is 9.93. The minimum absolute atomic E-state index is 0.0432. The number of benzene rings is 1. The molecule has 1 atom stereocenters. The molecule has 0 radical (unpaired) electrons. The predicted octanol–water partition coefficient (Wildman–Crippen LogP) is 1.58. The van der Waals surface area contributed by atoms with Gasteiger partial charge in [0.25, 0.3) is 0 Å². The maximum atomic E-state index is 5.88. The maximum absolute atomic E-state index is 5.88. The van der Waals surface area contributed by atoms with E-state index in [1.54, 1.807) is 14.2 Å². The van der Waals surface area contributed by atoms with Crippen LogP contribution in [0.15, 0.2) is 24.3 Å². The first-order valence-corrected chi connectivity index (χ1v) is 6.70. The molecule has 19 heavy (non-hydrogen) atoms. The fourth-order valence-electron chi connectivity index (χ4n) is 1.93. The fraction of sp³-hybridized carbons (Fsp3) is 0.600. The highest BCUT2D eigenvalue weighted by molar-refractivity contribution is 5.27. The summed E-state index contributed by atoms with van der Waals surface area (Å²) in [6, 6.07) is 8.19. The van der Waals surface area contributed by atoms with E-state index in [0.29, 0.717) is 13.2 Å². The van der Waals surface area contributed by atoms with Crippen molar-refractivity contribution in [2.75, 3.05) is 33.9 Å². The van der Waals surface area contributed by atoms with Gasteiger partial charge in [0.1, 0.15) is 5.75 Å². The molecule has 0 fully saturated rings. The van der Waals surface area contributed by atoms with Crippen LogP contribution < -0.4 is 15.8 Å². The lowest BCUT2D eigenvalue weighted by molar-refractivity contribution is 0.185. The van der Waals surface area contributed by atoms with Crippen LogP contribution in [0.25, 0.3) is 0 Å². The summed E-state index contributed by atoms with van der Waals surface area (Å²) in [6.07, 6.45) is 2.00. The summed E-state index contributed by atoms with van der Waals surface area (Å²) in [7, 11) is 3.39. The fourth-order valence-corrected chi connectivity index (χ4v) is 1.93. The van der Waals surface area contributed by atoms with E-state index in [-0.39, 0.29) is 5.54 Å². The first kappa shape index (κ1) is 16.0. The van der Waals surface area contributed by atoms with Crippen molar-refractivity contribution in [1.82, 2.24) is 5.32 Å². The van der Waals surface area contributed by atoms with Crippen LogP contribution in [0.4, 0.5) is 0 Å². The quantitative estimate of drug-likeness (QED) is 0.666. The molecule has 0 aliphatic rings. The van der Waals surface area contributed by atoms with Gasteiger partial charge in [-0.05, 0) is 37.5 Å². The number of methoxy groups -OCH3 is 2. The third-order valence-corrected chi connectivity index (χ3v) is 3.43. The van der Waals surface area contributed by atoms with E-state index in [4.69, 9.17) is 15.2 Å². The van der Waals surface area contributed by atoms with E-state index in [2.05, 4.69) is 24.4 Å². The molecule has 1 aromatic carbocycles. The number of hydrogen-bond acceptors (Lipinski definition) is 4. The Kier molecular flexibility index (Phi) is 6.84. The Balaban J connectivity index is 2.46. The van der Waals surface area contributed by atoms with Crippen LogP contribution in [0.5, 0.6) is 5.75 Å². The van der Waals surface area contributed by atoms with Crippen molar-refractivity contribution in [3.63, 3.8) is 0 Å². The maximum Gasteiger partial charge on any atom is 0.118 e. The first-order valence-electron chi connectivity index (χ1n) is 6.70. The summed E-state index contributed by atoms with van der Waals surface area (Å²) >= 11 is 0. The van der Waals surface area contributed by atoms with Gasteiger partial charge in [-0.15, -0.1) is 0 Å². The minimum Gasteiger partial charge on any atom is -0.497 e. The van der Waals surface area contributed by atoms with Gasteiger partial charge in [-0.1, -0.05) is 12.1 Å². The lowest BCUT2D eigenvalue weighted by Crippen LogP contribution is -2.50. The van der Waals surface area contributed by atoms with E-state index in [1.807, 2.05) is 12.1 Å². The number of hydrogen-bond donors (Lipinski definition) is 2. The number of ether oxygens (including phenoxy) is 2. The van der Waals surface area contributed by atoms with Gasteiger partial charge in [0.2, 0.25) is 0 Å². The zero-order valence-electron chi connectivity index (χ0n) is 12.2. The molecule has 0 aromatic heterocycles. The standard InChI is InChI=1S/C15H26N2O2/c1-15(12-16,17-10-11-18-2)9-8-13-4-6-14(19-3)7-5-13/h4-7,17H,8-12,16H2,1-3H3. The third-order valence-electron chi connectivity index (χ3n) is 3.43. The smallest absolute Gasteiger partial charge is 0.118 e. The second kappa shape index (κ2) is 8.15. The Hall–Kier alpha value is -1.10. The molecule has 0 amide bonds. The van der Waals surface area contributed by atoms with Crippen molar-refractivity contribution in [3.05, 3.63) is 29.8 Å². The lowest BCUT2D eigenvalue weighted by Gasteiger charge is -2.29. The van der Waals surface area contributed by atoms with Gasteiger partial charge in [-0.25, -0.2) is 0 Å².